The molecule has 6 bridgehead atoms. The molecular weight excluding hydrogens is 683 g/mol. The summed E-state index contributed by atoms with van der Waals surface area (Å²) in [6.07, 6.45) is 21.9. The Balaban J connectivity index is 1.07. The van der Waals surface area contributed by atoms with Gasteiger partial charge in [0.05, 0.1) is 29.5 Å². The average molecular weight is 726 g/mol. The molecule has 2 aromatic heterocycles. The Morgan fingerprint density at radius 1 is 0.571 bits per heavy atom. The summed E-state index contributed by atoms with van der Waals surface area (Å²) < 4.78 is 5.06. The molecule has 4 atom stereocenters. The lowest BCUT2D eigenvalue weighted by atomic mass is 9.82. The van der Waals surface area contributed by atoms with Gasteiger partial charge in [-0.1, -0.05) is 121 Å². The van der Waals surface area contributed by atoms with Crippen LogP contribution < -0.4 is 16.0 Å². The van der Waals surface area contributed by atoms with Crippen molar-refractivity contribution in [3.63, 3.8) is 0 Å². The van der Waals surface area contributed by atoms with Crippen LogP contribution in [0.4, 0.5) is 0 Å². The minimum Gasteiger partial charge on any atom is -0.313 e. The van der Waals surface area contributed by atoms with Gasteiger partial charge < -0.3 is 9.13 Å². The number of fused-ring (bicyclic) bond motifs is 15. The van der Waals surface area contributed by atoms with Crippen molar-refractivity contribution in [2.24, 2.45) is 0 Å². The average Bonchev–Trinajstić information content (AvgIpc) is 3.78. The molecule has 4 unspecified atom stereocenters. The zero-order valence-corrected chi connectivity index (χ0v) is 31.3. The quantitative estimate of drug-likeness (QED) is 0.170. The van der Waals surface area contributed by atoms with Gasteiger partial charge in [0.1, 0.15) is 0 Å². The number of benzene rings is 5. The monoisotopic (exact) mass is 725 g/mol. The van der Waals surface area contributed by atoms with Crippen LogP contribution in [0, 0.1) is 0 Å². The highest BCUT2D eigenvalue weighted by Crippen LogP contribution is 2.44. The second kappa shape index (κ2) is 12.8. The molecule has 5 aliphatic rings. The zero-order valence-electron chi connectivity index (χ0n) is 31.3. The number of nitrogens with one attached hydrogen (secondary N) is 3. The first-order valence-corrected chi connectivity index (χ1v) is 20.3. The number of allylic oxidation sites excluding steroid dienone is 4. The van der Waals surface area contributed by atoms with Crippen molar-refractivity contribution in [1.29, 1.82) is 0 Å². The third-order valence-corrected chi connectivity index (χ3v) is 12.8. The summed E-state index contributed by atoms with van der Waals surface area (Å²) in [6.45, 7) is 0. The highest BCUT2D eigenvalue weighted by molar-refractivity contribution is 6.10. The van der Waals surface area contributed by atoms with Gasteiger partial charge in [-0.15, -0.1) is 0 Å². The normalized spacial score (nSPS) is 22.0. The van der Waals surface area contributed by atoms with E-state index in [9.17, 15) is 0 Å². The van der Waals surface area contributed by atoms with Gasteiger partial charge in [-0.3, -0.25) is 16.0 Å². The lowest BCUT2D eigenvalue weighted by molar-refractivity contribution is 0.223. The molecule has 3 N–H and O–H groups in total. The fraction of sp³-hybridized carbons (Fsp3) is 0.176. The van der Waals surface area contributed by atoms with Crippen LogP contribution in [0.2, 0.25) is 0 Å². The second-order valence-electron chi connectivity index (χ2n) is 16.0. The number of hydrogen-bond donors (Lipinski definition) is 3. The number of rotatable bonds is 3. The van der Waals surface area contributed by atoms with Gasteiger partial charge >= 0.3 is 0 Å². The Bertz CT molecular complexity index is 2840. The minimum absolute atomic E-state index is 0.00693. The summed E-state index contributed by atoms with van der Waals surface area (Å²) in [4.78, 5) is 0. The minimum atomic E-state index is -0.0616. The molecule has 5 aromatic carbocycles. The van der Waals surface area contributed by atoms with Crippen LogP contribution in [0.1, 0.15) is 76.7 Å². The van der Waals surface area contributed by atoms with Crippen LogP contribution in [0.3, 0.4) is 0 Å². The van der Waals surface area contributed by atoms with E-state index < -0.39 is 0 Å². The van der Waals surface area contributed by atoms with Crippen molar-refractivity contribution in [3.05, 3.63) is 190 Å². The molecule has 1 saturated heterocycles. The third kappa shape index (κ3) is 5.05. The van der Waals surface area contributed by atoms with Gasteiger partial charge in [0.2, 0.25) is 0 Å². The SMILES string of the molecule is C1=CC(C2NC(c3ccccc3)NC(c3ccc4c(c3)C3C=Cc5c6c(n(c5C3)-c3cccc(c3)-n3c5ccccc5c5ccc-4cc53)C=CCC6)N2)=CCC1. The van der Waals surface area contributed by atoms with Crippen molar-refractivity contribution in [1.82, 2.24) is 25.1 Å². The standard InChI is InChI=1S/C51H43N5/c1-3-12-32(13-4-1)49-52-50(33-14-5-2-6-15-33)54-51(53-49)36-24-25-39-34-22-26-42-40-18-7-9-20-45(40)55(47(42)29-34)37-16-11-17-38(31-37)56-46-21-10-8-19-41(46)43-27-23-35(30-48(43)56)44(39)28-36/h1,3-5,7,9-18,20-29,31,35,49-54H,2,6,8,19,30H2. The molecule has 0 saturated carbocycles. The van der Waals surface area contributed by atoms with Crippen LogP contribution in [0.25, 0.3) is 56.5 Å². The molecule has 7 aromatic rings. The van der Waals surface area contributed by atoms with Crippen molar-refractivity contribution < 1.29 is 0 Å². The molecule has 4 heterocycles. The Morgan fingerprint density at radius 3 is 2.27 bits per heavy atom. The summed E-state index contributed by atoms with van der Waals surface area (Å²) in [6, 6.07) is 43.3. The first-order chi connectivity index (χ1) is 27.7. The first kappa shape index (κ1) is 32.3. The van der Waals surface area contributed by atoms with E-state index in [4.69, 9.17) is 0 Å². The fourth-order valence-corrected chi connectivity index (χ4v) is 10.2. The number of hydrogen-bond acceptors (Lipinski definition) is 3. The van der Waals surface area contributed by atoms with E-state index in [1.54, 1.807) is 0 Å². The van der Waals surface area contributed by atoms with E-state index in [0.29, 0.717) is 0 Å². The van der Waals surface area contributed by atoms with Crippen LogP contribution >= 0.6 is 0 Å². The summed E-state index contributed by atoms with van der Waals surface area (Å²) in [5.74, 6) is 0.202. The Morgan fingerprint density at radius 2 is 1.38 bits per heavy atom. The van der Waals surface area contributed by atoms with Gasteiger partial charge in [0.25, 0.3) is 0 Å². The van der Waals surface area contributed by atoms with Gasteiger partial charge in [0, 0.05) is 39.5 Å². The highest BCUT2D eigenvalue weighted by atomic mass is 15.4. The molecule has 12 rings (SSSR count). The van der Waals surface area contributed by atoms with Crippen LogP contribution in [-0.2, 0) is 12.8 Å². The number of nitrogens with zero attached hydrogens (tertiary/aromatic N) is 2. The van der Waals surface area contributed by atoms with E-state index in [2.05, 4.69) is 183 Å². The molecule has 56 heavy (non-hydrogen) atoms. The Labute approximate surface area is 327 Å². The van der Waals surface area contributed by atoms with Crippen LogP contribution in [0.15, 0.2) is 151 Å². The topological polar surface area (TPSA) is 46.0 Å². The molecule has 272 valence electrons. The second-order valence-corrected chi connectivity index (χ2v) is 16.0. The number of para-hydroxylation sites is 1. The van der Waals surface area contributed by atoms with Gasteiger partial charge in [-0.2, -0.15) is 0 Å². The summed E-state index contributed by atoms with van der Waals surface area (Å²) in [5, 5.41) is 14.4. The van der Waals surface area contributed by atoms with E-state index in [1.165, 1.54) is 89.1 Å². The molecule has 1 fully saturated rings. The van der Waals surface area contributed by atoms with E-state index in [1.807, 2.05) is 0 Å². The highest BCUT2D eigenvalue weighted by Gasteiger charge is 2.33. The zero-order chi connectivity index (χ0) is 36.7. The molecule has 5 heteroatoms. The first-order valence-electron chi connectivity index (χ1n) is 20.3. The lowest BCUT2D eigenvalue weighted by Gasteiger charge is -2.40. The van der Waals surface area contributed by atoms with Crippen molar-refractivity contribution >= 4 is 34.0 Å². The molecular formula is C51H43N5. The predicted octanol–water partition coefficient (Wildman–Crippen LogP) is 10.9. The number of aromatic nitrogens is 2. The van der Waals surface area contributed by atoms with Gasteiger partial charge in [-0.25, -0.2) is 0 Å². The maximum atomic E-state index is 3.98. The summed E-state index contributed by atoms with van der Waals surface area (Å²) in [7, 11) is 0. The van der Waals surface area contributed by atoms with Crippen LogP contribution in [-0.4, -0.2) is 15.3 Å². The Kier molecular flexibility index (Phi) is 7.37. The van der Waals surface area contributed by atoms with E-state index >= 15 is 0 Å². The summed E-state index contributed by atoms with van der Waals surface area (Å²) in [5.41, 5.74) is 18.2. The third-order valence-electron chi connectivity index (χ3n) is 12.8. The maximum Gasteiger partial charge on any atom is 0.0864 e. The van der Waals surface area contributed by atoms with Gasteiger partial charge in [0.15, 0.2) is 0 Å². The van der Waals surface area contributed by atoms with Gasteiger partial charge in [-0.05, 0) is 113 Å². The maximum absolute atomic E-state index is 3.98. The van der Waals surface area contributed by atoms with Crippen molar-refractivity contribution in [2.75, 3.05) is 0 Å². The molecule has 5 nitrogen and oxygen atoms in total. The fourth-order valence-electron chi connectivity index (χ4n) is 10.2. The van der Waals surface area contributed by atoms with E-state index in [-0.39, 0.29) is 24.4 Å². The van der Waals surface area contributed by atoms with E-state index in [0.717, 1.165) is 32.1 Å². The smallest absolute Gasteiger partial charge is 0.0864 e. The molecule has 0 amide bonds. The summed E-state index contributed by atoms with van der Waals surface area (Å²) >= 11 is 0. The van der Waals surface area contributed by atoms with Crippen LogP contribution in [0.5, 0.6) is 0 Å². The van der Waals surface area contributed by atoms with Crippen molar-refractivity contribution in [2.45, 2.75) is 56.5 Å². The molecule has 3 aliphatic carbocycles. The lowest BCUT2D eigenvalue weighted by Crippen LogP contribution is -2.59. The predicted molar refractivity (Wildman–Crippen MR) is 230 cm³/mol. The van der Waals surface area contributed by atoms with Crippen molar-refractivity contribution in [3.8, 4) is 22.5 Å². The molecule has 0 radical (unpaired) electrons. The Hall–Kier alpha value is -5.98. The largest absolute Gasteiger partial charge is 0.313 e. The molecule has 2 aliphatic heterocycles. The molecule has 0 spiro atoms.